The predicted octanol–water partition coefficient (Wildman–Crippen LogP) is 2.07. The third-order valence-electron chi connectivity index (χ3n) is 5.62. The normalized spacial score (nSPS) is 19.4. The van der Waals surface area contributed by atoms with E-state index in [1.807, 2.05) is 13.0 Å². The third kappa shape index (κ3) is 5.18. The molecule has 2 atom stereocenters. The van der Waals surface area contributed by atoms with Gasteiger partial charge < -0.3 is 15.3 Å². The van der Waals surface area contributed by atoms with Crippen LogP contribution in [-0.4, -0.2) is 57.9 Å². The number of nitrogens with zero attached hydrogens (tertiary/aromatic N) is 5. The minimum absolute atomic E-state index is 0.0137. The Balaban J connectivity index is 1.90. The Morgan fingerprint density at radius 3 is 2.32 bits per heavy atom. The van der Waals surface area contributed by atoms with E-state index in [0.29, 0.717) is 6.42 Å². The number of azo groups is 1. The molecular weight excluding hydrogens is 462 g/mol. The zero-order valence-electron chi connectivity index (χ0n) is 18.9. The number of piperidine rings is 1. The molecule has 2 unspecified atom stereocenters. The number of unbranched alkanes of at least 4 members (excludes halogenated alkanes) is 1. The molecule has 182 valence electrons. The molecule has 12 heteroatoms. The van der Waals surface area contributed by atoms with E-state index in [4.69, 9.17) is 0 Å². The van der Waals surface area contributed by atoms with E-state index in [0.717, 1.165) is 15.3 Å². The largest absolute Gasteiger partial charge is 0.493 e. The molecule has 0 bridgehead atoms. The average molecular weight is 490 g/mol. The Labute approximate surface area is 197 Å². The highest BCUT2D eigenvalue weighted by Crippen LogP contribution is 2.32. The minimum atomic E-state index is -3.93. The SMILES string of the molecule is CCCCn1c(O)c(/N=N/c2ccc(S(=O)(=O)N3CC(O)CC(O)C3)cc2)c(C)c(C#N)c1=O. The fourth-order valence-electron chi connectivity index (χ4n) is 3.73. The fraction of sp³-hybridized carbons (Fsp3) is 0.455. The zero-order chi connectivity index (χ0) is 25.0. The minimum Gasteiger partial charge on any atom is -0.493 e. The Morgan fingerprint density at radius 1 is 1.15 bits per heavy atom. The summed E-state index contributed by atoms with van der Waals surface area (Å²) in [6, 6.07) is 7.34. The van der Waals surface area contributed by atoms with Crippen molar-refractivity contribution in [2.24, 2.45) is 10.2 Å². The average Bonchev–Trinajstić information content (AvgIpc) is 2.79. The van der Waals surface area contributed by atoms with Crippen LogP contribution < -0.4 is 5.56 Å². The summed E-state index contributed by atoms with van der Waals surface area (Å²) in [4.78, 5) is 12.5. The molecule has 1 fully saturated rings. The van der Waals surface area contributed by atoms with Gasteiger partial charge in [-0.2, -0.15) is 14.7 Å². The Hall–Kier alpha value is -3.11. The van der Waals surface area contributed by atoms with Crippen LogP contribution in [0.15, 0.2) is 44.2 Å². The van der Waals surface area contributed by atoms with Gasteiger partial charge in [-0.1, -0.05) is 13.3 Å². The zero-order valence-corrected chi connectivity index (χ0v) is 19.7. The van der Waals surface area contributed by atoms with Gasteiger partial charge in [-0.05, 0) is 37.6 Å². The number of aromatic nitrogens is 1. The molecule has 3 rings (SSSR count). The van der Waals surface area contributed by atoms with Crippen molar-refractivity contribution in [2.75, 3.05) is 13.1 Å². The molecule has 0 spiro atoms. The molecule has 1 saturated heterocycles. The van der Waals surface area contributed by atoms with E-state index in [2.05, 4.69) is 10.2 Å². The molecule has 1 aromatic heterocycles. The number of rotatable bonds is 7. The number of sulfonamides is 1. The standard InChI is InChI=1S/C22H27N5O6S/c1-3-4-9-27-21(30)19(11-23)14(2)20(22(27)31)25-24-15-5-7-18(8-6-15)34(32,33)26-12-16(28)10-17(29)13-26/h5-8,16-17,28-29,31H,3-4,9-10,12-13H2,1-2H3/b25-24+. The predicted molar refractivity (Wildman–Crippen MR) is 123 cm³/mol. The third-order valence-corrected chi connectivity index (χ3v) is 7.46. The van der Waals surface area contributed by atoms with E-state index < -0.39 is 27.8 Å². The van der Waals surface area contributed by atoms with Crippen LogP contribution >= 0.6 is 0 Å². The summed E-state index contributed by atoms with van der Waals surface area (Å²) in [7, 11) is -3.93. The first-order chi connectivity index (χ1) is 16.1. The Bertz CT molecular complexity index is 1270. The van der Waals surface area contributed by atoms with Crippen LogP contribution in [0.4, 0.5) is 11.4 Å². The summed E-state index contributed by atoms with van der Waals surface area (Å²) in [5.41, 5.74) is -0.257. The first kappa shape index (κ1) is 25.5. The molecular formula is C22H27N5O6S. The Morgan fingerprint density at radius 2 is 1.76 bits per heavy atom. The van der Waals surface area contributed by atoms with E-state index in [1.54, 1.807) is 0 Å². The van der Waals surface area contributed by atoms with Gasteiger partial charge in [-0.3, -0.25) is 9.36 Å². The van der Waals surface area contributed by atoms with Crippen molar-refractivity contribution in [3.8, 4) is 11.9 Å². The van der Waals surface area contributed by atoms with Crippen molar-refractivity contribution in [1.29, 1.82) is 5.26 Å². The molecule has 1 aliphatic rings. The molecule has 3 N–H and O–H groups in total. The second-order valence-electron chi connectivity index (χ2n) is 8.15. The van der Waals surface area contributed by atoms with Crippen LogP contribution in [0.5, 0.6) is 5.88 Å². The number of nitriles is 1. The van der Waals surface area contributed by atoms with Crippen molar-refractivity contribution >= 4 is 21.4 Å². The molecule has 0 amide bonds. The lowest BCUT2D eigenvalue weighted by molar-refractivity contribution is 0.0213. The van der Waals surface area contributed by atoms with Gasteiger partial charge in [0.05, 0.1) is 22.8 Å². The first-order valence-corrected chi connectivity index (χ1v) is 12.3. The maximum atomic E-state index is 12.8. The van der Waals surface area contributed by atoms with Gasteiger partial charge in [0.2, 0.25) is 15.9 Å². The highest BCUT2D eigenvalue weighted by molar-refractivity contribution is 7.89. The highest BCUT2D eigenvalue weighted by atomic mass is 32.2. The van der Waals surface area contributed by atoms with Gasteiger partial charge in [-0.25, -0.2) is 8.42 Å². The molecule has 11 nitrogen and oxygen atoms in total. The number of hydrogen-bond donors (Lipinski definition) is 3. The molecule has 0 saturated carbocycles. The van der Waals surface area contributed by atoms with E-state index in [1.165, 1.54) is 31.2 Å². The number of benzene rings is 1. The van der Waals surface area contributed by atoms with E-state index >= 15 is 0 Å². The quantitative estimate of drug-likeness (QED) is 0.500. The molecule has 1 aliphatic heterocycles. The van der Waals surface area contributed by atoms with Crippen molar-refractivity contribution in [2.45, 2.75) is 56.8 Å². The lowest BCUT2D eigenvalue weighted by Gasteiger charge is -2.32. The second-order valence-corrected chi connectivity index (χ2v) is 10.1. The van der Waals surface area contributed by atoms with Crippen molar-refractivity contribution in [3.05, 3.63) is 45.7 Å². The van der Waals surface area contributed by atoms with Gasteiger partial charge in [0.25, 0.3) is 5.56 Å². The van der Waals surface area contributed by atoms with Gasteiger partial charge >= 0.3 is 0 Å². The number of aliphatic hydroxyl groups is 2. The highest BCUT2D eigenvalue weighted by Gasteiger charge is 2.33. The van der Waals surface area contributed by atoms with E-state index in [-0.39, 0.29) is 59.3 Å². The van der Waals surface area contributed by atoms with Gasteiger partial charge in [0.1, 0.15) is 11.6 Å². The first-order valence-electron chi connectivity index (χ1n) is 10.8. The van der Waals surface area contributed by atoms with Crippen LogP contribution in [-0.2, 0) is 16.6 Å². The van der Waals surface area contributed by atoms with Crippen LogP contribution in [0.2, 0.25) is 0 Å². The number of pyridine rings is 1. The van der Waals surface area contributed by atoms with Crippen molar-refractivity contribution in [1.82, 2.24) is 8.87 Å². The monoisotopic (exact) mass is 489 g/mol. The van der Waals surface area contributed by atoms with Gasteiger partial charge in [0, 0.05) is 31.6 Å². The molecule has 0 aliphatic carbocycles. The Kier molecular flexibility index (Phi) is 7.83. The van der Waals surface area contributed by atoms with Crippen molar-refractivity contribution < 1.29 is 23.7 Å². The van der Waals surface area contributed by atoms with E-state index in [9.17, 15) is 33.8 Å². The summed E-state index contributed by atoms with van der Waals surface area (Å²) < 4.78 is 27.8. The number of aliphatic hydroxyl groups excluding tert-OH is 2. The summed E-state index contributed by atoms with van der Waals surface area (Å²) >= 11 is 0. The van der Waals surface area contributed by atoms with Gasteiger partial charge in [0.15, 0.2) is 5.69 Å². The summed E-state index contributed by atoms with van der Waals surface area (Å²) in [5.74, 6) is -0.389. The summed E-state index contributed by atoms with van der Waals surface area (Å²) in [5, 5.41) is 47.6. The molecule has 1 aromatic carbocycles. The van der Waals surface area contributed by atoms with Crippen LogP contribution in [0, 0.1) is 18.3 Å². The number of aromatic hydroxyl groups is 1. The second kappa shape index (κ2) is 10.4. The topological polar surface area (TPSA) is 169 Å². The smallest absolute Gasteiger partial charge is 0.271 e. The fourth-order valence-corrected chi connectivity index (χ4v) is 5.24. The van der Waals surface area contributed by atoms with Gasteiger partial charge in [-0.15, -0.1) is 5.11 Å². The summed E-state index contributed by atoms with van der Waals surface area (Å²) in [6.07, 6.45) is -0.360. The molecule has 34 heavy (non-hydrogen) atoms. The molecule has 2 aromatic rings. The number of β-amino-alcohol motifs (C(OH)–C–C–N with tert-alkyl or cyclic N) is 2. The molecule has 0 radical (unpaired) electrons. The van der Waals surface area contributed by atoms with Crippen LogP contribution in [0.3, 0.4) is 0 Å². The lowest BCUT2D eigenvalue weighted by atomic mass is 10.1. The van der Waals surface area contributed by atoms with Crippen LogP contribution in [0.1, 0.15) is 37.3 Å². The lowest BCUT2D eigenvalue weighted by Crippen LogP contribution is -2.48. The maximum absolute atomic E-state index is 12.8. The molecule has 2 heterocycles. The summed E-state index contributed by atoms with van der Waals surface area (Å²) in [6.45, 7) is 3.45. The van der Waals surface area contributed by atoms with Crippen molar-refractivity contribution in [3.63, 3.8) is 0 Å². The van der Waals surface area contributed by atoms with Crippen LogP contribution in [0.25, 0.3) is 0 Å². The number of hydrogen-bond acceptors (Lipinski definition) is 9. The maximum Gasteiger partial charge on any atom is 0.271 e.